The predicted octanol–water partition coefficient (Wildman–Crippen LogP) is 7.15. The number of alkyl halides is 6. The number of anilines is 1. The number of halogens is 6. The minimum Gasteiger partial charge on any atom is -0.488 e. The van der Waals surface area contributed by atoms with Crippen molar-refractivity contribution < 1.29 is 41.0 Å². The molecule has 214 valence electrons. The van der Waals surface area contributed by atoms with Crippen molar-refractivity contribution in [3.8, 4) is 5.75 Å². The number of aliphatic hydroxyl groups is 1. The van der Waals surface area contributed by atoms with E-state index in [1.807, 2.05) is 32.0 Å². The zero-order chi connectivity index (χ0) is 29.5. The molecule has 1 N–H and O–H groups in total. The number of hydrogen-bond acceptors (Lipinski definition) is 3. The van der Waals surface area contributed by atoms with Crippen molar-refractivity contribution in [1.29, 1.82) is 0 Å². The lowest BCUT2D eigenvalue weighted by molar-refractivity contribution is -0.376. The van der Waals surface area contributed by atoms with Crippen LogP contribution in [-0.4, -0.2) is 36.0 Å². The van der Waals surface area contributed by atoms with Gasteiger partial charge in [-0.1, -0.05) is 54.6 Å². The fourth-order valence-electron chi connectivity index (χ4n) is 4.91. The molecule has 1 heterocycles. The first-order valence-corrected chi connectivity index (χ1v) is 12.7. The molecule has 3 aromatic rings. The number of carbonyl (C=O) groups is 1. The number of rotatable bonds is 5. The smallest absolute Gasteiger partial charge is 0.430 e. The molecule has 2 atom stereocenters. The largest absolute Gasteiger partial charge is 0.488 e. The summed E-state index contributed by atoms with van der Waals surface area (Å²) in [5.41, 5.74) is -3.70. The van der Waals surface area contributed by atoms with Gasteiger partial charge in [0.2, 0.25) is 5.91 Å². The van der Waals surface area contributed by atoms with Crippen LogP contribution in [-0.2, 0) is 16.8 Å². The molecule has 0 bridgehead atoms. The average molecular weight is 566 g/mol. The molecule has 0 radical (unpaired) electrons. The van der Waals surface area contributed by atoms with Gasteiger partial charge in [-0.2, -0.15) is 26.3 Å². The van der Waals surface area contributed by atoms with Gasteiger partial charge < -0.3 is 14.7 Å². The topological polar surface area (TPSA) is 49.8 Å². The first-order valence-electron chi connectivity index (χ1n) is 12.7. The summed E-state index contributed by atoms with van der Waals surface area (Å²) < 4.78 is 87.9. The third-order valence-corrected chi connectivity index (χ3v) is 7.30. The average Bonchev–Trinajstić information content (AvgIpc) is 3.07. The summed E-state index contributed by atoms with van der Waals surface area (Å²) in [6.07, 6.45) is -12.4. The number of nitrogens with zero attached hydrogens (tertiary/aromatic N) is 1. The van der Waals surface area contributed by atoms with Crippen molar-refractivity contribution in [1.82, 2.24) is 0 Å². The molecule has 0 saturated carbocycles. The maximum Gasteiger partial charge on any atom is 0.430 e. The van der Waals surface area contributed by atoms with Crippen LogP contribution in [0.2, 0.25) is 0 Å². The van der Waals surface area contributed by atoms with E-state index in [1.165, 1.54) is 4.90 Å². The van der Waals surface area contributed by atoms with Crippen molar-refractivity contribution in [3.63, 3.8) is 0 Å². The highest BCUT2D eigenvalue weighted by Crippen LogP contribution is 2.51. The Morgan fingerprint density at radius 3 is 2.23 bits per heavy atom. The number of benzene rings is 3. The molecule has 1 aliphatic rings. The van der Waals surface area contributed by atoms with Crippen LogP contribution < -0.4 is 9.64 Å². The van der Waals surface area contributed by atoms with E-state index in [9.17, 15) is 36.2 Å². The van der Waals surface area contributed by atoms with E-state index in [4.69, 9.17) is 4.74 Å². The van der Waals surface area contributed by atoms with Crippen LogP contribution >= 0.6 is 0 Å². The first kappa shape index (κ1) is 29.5. The van der Waals surface area contributed by atoms with Crippen molar-refractivity contribution in [2.24, 2.45) is 0 Å². The molecular weight excluding hydrogens is 536 g/mol. The minimum absolute atomic E-state index is 0.0218. The molecule has 0 aliphatic carbocycles. The molecule has 1 amide bonds. The molecule has 2 unspecified atom stereocenters. The van der Waals surface area contributed by atoms with Crippen LogP contribution in [0, 0.1) is 13.8 Å². The SMILES string of the molecule is Cc1ccc(C)c(OC2CCc3cc(C(O)(C(F)(F)F)C(F)(F)F)ccc3N(C(=O)C(C)c3ccccc3)C2)c1. The maximum atomic E-state index is 13.8. The Kier molecular flexibility index (Phi) is 7.95. The van der Waals surface area contributed by atoms with E-state index in [0.29, 0.717) is 23.4 Å². The quantitative estimate of drug-likeness (QED) is 0.335. The van der Waals surface area contributed by atoms with E-state index < -0.39 is 41.4 Å². The maximum absolute atomic E-state index is 13.8. The van der Waals surface area contributed by atoms with E-state index in [0.717, 1.165) is 17.2 Å². The highest BCUT2D eigenvalue weighted by Gasteiger charge is 2.71. The lowest BCUT2D eigenvalue weighted by Gasteiger charge is -2.34. The molecule has 0 saturated heterocycles. The Hall–Kier alpha value is -3.53. The Bertz CT molecular complexity index is 1360. The van der Waals surface area contributed by atoms with Gasteiger partial charge in [0.25, 0.3) is 5.60 Å². The van der Waals surface area contributed by atoms with E-state index >= 15 is 0 Å². The summed E-state index contributed by atoms with van der Waals surface area (Å²) in [7, 11) is 0. The van der Waals surface area contributed by atoms with Gasteiger partial charge in [-0.25, -0.2) is 0 Å². The molecule has 4 rings (SSSR count). The van der Waals surface area contributed by atoms with Gasteiger partial charge in [0.15, 0.2) is 0 Å². The van der Waals surface area contributed by atoms with Crippen LogP contribution in [0.4, 0.5) is 32.0 Å². The number of amides is 1. The number of fused-ring (bicyclic) bond motifs is 1. The standard InChI is InChI=1S/C30H29F6NO3/c1-18-9-10-19(2)26(15-18)40-24-13-11-22-16-23(28(39,29(31,32)33)30(34,35)36)12-14-25(22)37(17-24)27(38)20(3)21-7-5-4-6-8-21/h4-10,12,14-16,20,24,39H,11,13,17H2,1-3H3. The Balaban J connectivity index is 1.78. The van der Waals surface area contributed by atoms with Gasteiger partial charge in [0.05, 0.1) is 12.5 Å². The second-order valence-corrected chi connectivity index (χ2v) is 10.2. The summed E-state index contributed by atoms with van der Waals surface area (Å²) in [4.78, 5) is 15.2. The molecule has 40 heavy (non-hydrogen) atoms. The van der Waals surface area contributed by atoms with Crippen LogP contribution in [0.3, 0.4) is 0 Å². The van der Waals surface area contributed by atoms with Gasteiger partial charge in [-0.15, -0.1) is 0 Å². The van der Waals surface area contributed by atoms with E-state index in [2.05, 4.69) is 0 Å². The molecule has 0 aromatic heterocycles. The molecule has 4 nitrogen and oxygen atoms in total. The molecule has 0 spiro atoms. The zero-order valence-corrected chi connectivity index (χ0v) is 22.1. The molecule has 3 aromatic carbocycles. The highest BCUT2D eigenvalue weighted by molar-refractivity contribution is 5.98. The van der Waals surface area contributed by atoms with Gasteiger partial charge in [0, 0.05) is 11.3 Å². The number of ether oxygens (including phenoxy) is 1. The van der Waals surface area contributed by atoms with Gasteiger partial charge in [0.1, 0.15) is 11.9 Å². The summed E-state index contributed by atoms with van der Waals surface area (Å²) in [5, 5.41) is 9.99. The second-order valence-electron chi connectivity index (χ2n) is 10.2. The predicted molar refractivity (Wildman–Crippen MR) is 138 cm³/mol. The number of carbonyl (C=O) groups excluding carboxylic acids is 1. The summed E-state index contributed by atoms with van der Waals surface area (Å²) in [5.74, 6) is -0.474. The molecule has 1 aliphatic heterocycles. The Labute approximate surface area is 228 Å². The molecular formula is C30H29F6NO3. The van der Waals surface area contributed by atoms with Crippen LogP contribution in [0.15, 0.2) is 66.7 Å². The van der Waals surface area contributed by atoms with Gasteiger partial charge >= 0.3 is 12.4 Å². The lowest BCUT2D eigenvalue weighted by Crippen LogP contribution is -2.54. The third-order valence-electron chi connectivity index (χ3n) is 7.30. The van der Waals surface area contributed by atoms with E-state index in [1.54, 1.807) is 37.3 Å². The van der Waals surface area contributed by atoms with Gasteiger partial charge in [-0.05, 0) is 68.0 Å². The Morgan fingerprint density at radius 1 is 0.950 bits per heavy atom. The number of aryl methyl sites for hydroxylation is 3. The fraction of sp³-hybridized carbons (Fsp3) is 0.367. The zero-order valence-electron chi connectivity index (χ0n) is 22.1. The highest BCUT2D eigenvalue weighted by atomic mass is 19.4. The van der Waals surface area contributed by atoms with Gasteiger partial charge in [-0.3, -0.25) is 4.79 Å². The molecule has 0 fully saturated rings. The Morgan fingerprint density at radius 2 is 1.60 bits per heavy atom. The monoisotopic (exact) mass is 565 g/mol. The second kappa shape index (κ2) is 10.8. The summed E-state index contributed by atoms with van der Waals surface area (Å²) in [6, 6.07) is 16.8. The molecule has 10 heteroatoms. The van der Waals surface area contributed by atoms with Crippen molar-refractivity contribution in [3.05, 3.63) is 94.5 Å². The van der Waals surface area contributed by atoms with Crippen molar-refractivity contribution in [2.45, 2.75) is 63.6 Å². The lowest BCUT2D eigenvalue weighted by atomic mass is 9.89. The van der Waals surface area contributed by atoms with Crippen LogP contribution in [0.25, 0.3) is 0 Å². The summed E-state index contributed by atoms with van der Waals surface area (Å²) in [6.45, 7) is 5.44. The van der Waals surface area contributed by atoms with E-state index in [-0.39, 0.29) is 30.6 Å². The minimum atomic E-state index is -6.02. The van der Waals surface area contributed by atoms with Crippen molar-refractivity contribution >= 4 is 11.6 Å². The van der Waals surface area contributed by atoms with Crippen LogP contribution in [0.1, 0.15) is 47.1 Å². The first-order chi connectivity index (χ1) is 18.6. The van der Waals surface area contributed by atoms with Crippen molar-refractivity contribution in [2.75, 3.05) is 11.4 Å². The van der Waals surface area contributed by atoms with Crippen LogP contribution in [0.5, 0.6) is 5.75 Å². The fourth-order valence-corrected chi connectivity index (χ4v) is 4.91. The summed E-state index contributed by atoms with van der Waals surface area (Å²) >= 11 is 0. The number of hydrogen-bond donors (Lipinski definition) is 1. The normalized spacial score (nSPS) is 17.1. The third kappa shape index (κ3) is 5.54.